The normalized spacial score (nSPS) is 13.7. The molecular formula is C22H22F3N3O. The lowest BCUT2D eigenvalue weighted by atomic mass is 9.96. The van der Waals surface area contributed by atoms with Crippen LogP contribution in [0.4, 0.5) is 13.2 Å². The van der Waals surface area contributed by atoms with E-state index in [9.17, 15) is 18.0 Å². The fourth-order valence-electron chi connectivity index (χ4n) is 3.21. The standard InChI is InChI=1S/C22H22F3N3O/c1-15(16-8-10-18(11-9-16)22(23,24)25)14-19(29)27-20(17-6-4-3-5-7-17)21-26-12-13-28(21)2/h3-13,15,20H,14H2,1-2H3,(H,27,29). The van der Waals surface area contributed by atoms with E-state index < -0.39 is 17.8 Å². The van der Waals surface area contributed by atoms with E-state index in [0.717, 1.165) is 17.7 Å². The van der Waals surface area contributed by atoms with Crippen LogP contribution in [0.3, 0.4) is 0 Å². The van der Waals surface area contributed by atoms with Gasteiger partial charge in [0.05, 0.1) is 5.56 Å². The van der Waals surface area contributed by atoms with Crippen LogP contribution in [0.5, 0.6) is 0 Å². The lowest BCUT2D eigenvalue weighted by molar-refractivity contribution is -0.137. The van der Waals surface area contributed by atoms with Crippen LogP contribution in [0.1, 0.15) is 47.8 Å². The summed E-state index contributed by atoms with van der Waals surface area (Å²) >= 11 is 0. The van der Waals surface area contributed by atoms with Gasteiger partial charge in [0.15, 0.2) is 0 Å². The van der Waals surface area contributed by atoms with Crippen LogP contribution in [-0.4, -0.2) is 15.5 Å². The van der Waals surface area contributed by atoms with Gasteiger partial charge in [0, 0.05) is 25.9 Å². The van der Waals surface area contributed by atoms with Crippen LogP contribution >= 0.6 is 0 Å². The molecule has 0 aliphatic rings. The molecule has 1 N–H and O–H groups in total. The number of carbonyl (C=O) groups excluding carboxylic acids is 1. The summed E-state index contributed by atoms with van der Waals surface area (Å²) < 4.78 is 40.0. The molecule has 4 nitrogen and oxygen atoms in total. The Bertz CT molecular complexity index is 949. The third kappa shape index (κ3) is 5.04. The van der Waals surface area contributed by atoms with Crippen molar-refractivity contribution in [3.05, 3.63) is 89.5 Å². The first-order chi connectivity index (χ1) is 13.8. The summed E-state index contributed by atoms with van der Waals surface area (Å²) in [5, 5.41) is 3.01. The average Bonchev–Trinajstić information content (AvgIpc) is 3.12. The Morgan fingerprint density at radius 1 is 1.07 bits per heavy atom. The van der Waals surface area contributed by atoms with Crippen LogP contribution in [0.2, 0.25) is 0 Å². The SMILES string of the molecule is CC(CC(=O)NC(c1ccccc1)c1nccn1C)c1ccc(C(F)(F)F)cc1. The van der Waals surface area contributed by atoms with Gasteiger partial charge in [-0.1, -0.05) is 49.4 Å². The summed E-state index contributed by atoms with van der Waals surface area (Å²) in [6, 6.07) is 14.0. The molecule has 3 rings (SSSR count). The van der Waals surface area contributed by atoms with Crippen LogP contribution < -0.4 is 5.32 Å². The number of rotatable bonds is 6. The molecule has 7 heteroatoms. The van der Waals surface area contributed by atoms with E-state index in [4.69, 9.17) is 0 Å². The molecule has 2 unspecified atom stereocenters. The van der Waals surface area contributed by atoms with E-state index >= 15 is 0 Å². The van der Waals surface area contributed by atoms with Gasteiger partial charge in [-0.15, -0.1) is 0 Å². The molecule has 1 amide bonds. The van der Waals surface area contributed by atoms with Crippen LogP contribution in [0.25, 0.3) is 0 Å². The number of carbonyl (C=O) groups is 1. The summed E-state index contributed by atoms with van der Waals surface area (Å²) in [5.74, 6) is 0.274. The second-order valence-corrected chi connectivity index (χ2v) is 7.03. The number of amides is 1. The molecule has 3 aromatic rings. The summed E-state index contributed by atoms with van der Waals surface area (Å²) in [4.78, 5) is 17.1. The largest absolute Gasteiger partial charge is 0.416 e. The third-order valence-corrected chi connectivity index (χ3v) is 4.85. The second-order valence-electron chi connectivity index (χ2n) is 7.03. The zero-order chi connectivity index (χ0) is 21.0. The first-order valence-electron chi connectivity index (χ1n) is 9.24. The Labute approximate surface area is 167 Å². The lowest BCUT2D eigenvalue weighted by Gasteiger charge is -2.20. The highest BCUT2D eigenvalue weighted by molar-refractivity contribution is 5.77. The molecule has 0 fully saturated rings. The molecule has 2 atom stereocenters. The Balaban J connectivity index is 1.73. The Kier molecular flexibility index (Phi) is 6.06. The number of nitrogens with one attached hydrogen (secondary N) is 1. The number of imidazole rings is 1. The monoisotopic (exact) mass is 401 g/mol. The minimum atomic E-state index is -4.37. The first kappa shape index (κ1) is 20.6. The quantitative estimate of drug-likeness (QED) is 0.643. The predicted octanol–water partition coefficient (Wildman–Crippen LogP) is 4.84. The molecule has 0 saturated carbocycles. The Morgan fingerprint density at radius 2 is 1.72 bits per heavy atom. The molecule has 0 saturated heterocycles. The number of aromatic nitrogens is 2. The zero-order valence-corrected chi connectivity index (χ0v) is 16.1. The van der Waals surface area contributed by atoms with Crippen molar-refractivity contribution in [3.63, 3.8) is 0 Å². The van der Waals surface area contributed by atoms with Gasteiger partial charge in [0.2, 0.25) is 5.91 Å². The Morgan fingerprint density at radius 3 is 2.28 bits per heavy atom. The van der Waals surface area contributed by atoms with Crippen molar-refractivity contribution in [2.75, 3.05) is 0 Å². The van der Waals surface area contributed by atoms with Gasteiger partial charge in [-0.2, -0.15) is 13.2 Å². The van der Waals surface area contributed by atoms with Crippen LogP contribution in [0.15, 0.2) is 67.0 Å². The summed E-state index contributed by atoms with van der Waals surface area (Å²) in [6.45, 7) is 1.82. The molecule has 0 radical (unpaired) electrons. The molecule has 0 aliphatic carbocycles. The van der Waals surface area contributed by atoms with E-state index in [1.165, 1.54) is 12.1 Å². The van der Waals surface area contributed by atoms with Crippen LogP contribution in [0, 0.1) is 0 Å². The van der Waals surface area contributed by atoms with Gasteiger partial charge < -0.3 is 9.88 Å². The number of alkyl halides is 3. The molecular weight excluding hydrogens is 379 g/mol. The maximum atomic E-state index is 12.7. The summed E-state index contributed by atoms with van der Waals surface area (Å²) in [5.41, 5.74) is 0.885. The number of hydrogen-bond acceptors (Lipinski definition) is 2. The smallest absolute Gasteiger partial charge is 0.342 e. The molecule has 0 spiro atoms. The van der Waals surface area contributed by atoms with Gasteiger partial charge in [0.1, 0.15) is 11.9 Å². The topological polar surface area (TPSA) is 46.9 Å². The highest BCUT2D eigenvalue weighted by atomic mass is 19.4. The van der Waals surface area contributed by atoms with Crippen molar-refractivity contribution in [2.24, 2.45) is 7.05 Å². The molecule has 0 bridgehead atoms. The molecule has 0 aliphatic heterocycles. The van der Waals surface area contributed by atoms with Gasteiger partial charge in [-0.3, -0.25) is 4.79 Å². The third-order valence-electron chi connectivity index (χ3n) is 4.85. The van der Waals surface area contributed by atoms with Gasteiger partial charge >= 0.3 is 6.18 Å². The highest BCUT2D eigenvalue weighted by Crippen LogP contribution is 2.31. The maximum Gasteiger partial charge on any atom is 0.416 e. The molecule has 2 aromatic carbocycles. The van der Waals surface area contributed by atoms with Crippen molar-refractivity contribution < 1.29 is 18.0 Å². The number of hydrogen-bond donors (Lipinski definition) is 1. The number of aryl methyl sites for hydroxylation is 1. The minimum Gasteiger partial charge on any atom is -0.342 e. The fraction of sp³-hybridized carbons (Fsp3) is 0.273. The molecule has 29 heavy (non-hydrogen) atoms. The Hall–Kier alpha value is -3.09. The lowest BCUT2D eigenvalue weighted by Crippen LogP contribution is -2.31. The van der Waals surface area contributed by atoms with Crippen LogP contribution in [-0.2, 0) is 18.0 Å². The number of halogens is 3. The van der Waals surface area contributed by atoms with Crippen molar-refractivity contribution in [2.45, 2.75) is 31.5 Å². The van der Waals surface area contributed by atoms with E-state index in [-0.39, 0.29) is 18.2 Å². The van der Waals surface area contributed by atoms with Crippen molar-refractivity contribution in [1.29, 1.82) is 0 Å². The van der Waals surface area contributed by atoms with Crippen molar-refractivity contribution >= 4 is 5.91 Å². The average molecular weight is 401 g/mol. The van der Waals surface area contributed by atoms with Gasteiger partial charge in [-0.25, -0.2) is 4.98 Å². The van der Waals surface area contributed by atoms with E-state index in [1.807, 2.05) is 55.1 Å². The number of nitrogens with zero attached hydrogens (tertiary/aromatic N) is 2. The van der Waals surface area contributed by atoms with Crippen molar-refractivity contribution in [3.8, 4) is 0 Å². The predicted molar refractivity (Wildman–Crippen MR) is 104 cm³/mol. The highest BCUT2D eigenvalue weighted by Gasteiger charge is 2.30. The second kappa shape index (κ2) is 8.51. The fourth-order valence-corrected chi connectivity index (χ4v) is 3.21. The molecule has 1 heterocycles. The molecule has 152 valence electrons. The maximum absolute atomic E-state index is 12.7. The summed E-state index contributed by atoms with van der Waals surface area (Å²) in [7, 11) is 1.86. The van der Waals surface area contributed by atoms with Crippen molar-refractivity contribution in [1.82, 2.24) is 14.9 Å². The van der Waals surface area contributed by atoms with Gasteiger partial charge in [0.25, 0.3) is 0 Å². The first-order valence-corrected chi connectivity index (χ1v) is 9.24. The minimum absolute atomic E-state index is 0.152. The van der Waals surface area contributed by atoms with E-state index in [0.29, 0.717) is 11.4 Å². The van der Waals surface area contributed by atoms with E-state index in [2.05, 4.69) is 10.3 Å². The zero-order valence-electron chi connectivity index (χ0n) is 16.1. The summed E-state index contributed by atoms with van der Waals surface area (Å²) in [6.07, 6.45) is -0.742. The molecule has 1 aromatic heterocycles. The van der Waals surface area contributed by atoms with E-state index in [1.54, 1.807) is 6.20 Å². The van der Waals surface area contributed by atoms with Gasteiger partial charge in [-0.05, 0) is 29.2 Å². The number of benzene rings is 2.